The van der Waals surface area contributed by atoms with Gasteiger partial charge < -0.3 is 19.9 Å². The highest BCUT2D eigenvalue weighted by Gasteiger charge is 2.46. The molecule has 1 amide bonds. The van der Waals surface area contributed by atoms with Crippen LogP contribution in [0.4, 0.5) is 17.3 Å². The predicted octanol–water partition coefficient (Wildman–Crippen LogP) is 3.30. The van der Waals surface area contributed by atoms with E-state index in [1.807, 2.05) is 58.4 Å². The second kappa shape index (κ2) is 11.9. The second-order valence-electron chi connectivity index (χ2n) is 12.0. The third kappa shape index (κ3) is 5.37. The number of aryl methyl sites for hydroxylation is 1. The van der Waals surface area contributed by atoms with E-state index in [0.717, 1.165) is 81.2 Å². The van der Waals surface area contributed by atoms with Crippen LogP contribution in [0, 0.1) is 11.3 Å². The quantitative estimate of drug-likeness (QED) is 0.328. The van der Waals surface area contributed by atoms with Crippen molar-refractivity contribution >= 4 is 28.9 Å². The van der Waals surface area contributed by atoms with E-state index in [1.165, 1.54) is 0 Å². The first-order valence-corrected chi connectivity index (χ1v) is 15.5. The molecule has 3 fully saturated rings. The minimum atomic E-state index is -0.353. The van der Waals surface area contributed by atoms with E-state index in [-0.39, 0.29) is 11.4 Å². The van der Waals surface area contributed by atoms with Crippen molar-refractivity contribution in [3.05, 3.63) is 66.1 Å². The molecule has 12 nitrogen and oxygen atoms in total. The molecular formula is C32H38N10O2. The lowest BCUT2D eigenvalue weighted by atomic mass is 9.86. The topological polar surface area (TPSA) is 120 Å². The molecule has 3 aliphatic rings. The highest BCUT2D eigenvalue weighted by atomic mass is 16.5. The summed E-state index contributed by atoms with van der Waals surface area (Å²) in [6, 6.07) is 14.5. The number of benzene rings is 1. The van der Waals surface area contributed by atoms with Gasteiger partial charge >= 0.3 is 0 Å². The van der Waals surface area contributed by atoms with Crippen LogP contribution in [0.15, 0.2) is 55.0 Å². The second-order valence-corrected chi connectivity index (χ2v) is 12.0. The largest absolute Gasteiger partial charge is 0.381 e. The van der Waals surface area contributed by atoms with Crippen LogP contribution in [0.2, 0.25) is 0 Å². The molecule has 4 aromatic rings. The van der Waals surface area contributed by atoms with Crippen molar-refractivity contribution in [2.24, 2.45) is 0 Å². The molecule has 0 aliphatic carbocycles. The van der Waals surface area contributed by atoms with Gasteiger partial charge in [0.1, 0.15) is 5.54 Å². The summed E-state index contributed by atoms with van der Waals surface area (Å²) in [6.07, 6.45) is 9.29. The number of ether oxygens (including phenoxy) is 1. The molecule has 0 atom stereocenters. The minimum absolute atomic E-state index is 0.0710. The van der Waals surface area contributed by atoms with Crippen LogP contribution in [-0.2, 0) is 16.7 Å². The van der Waals surface area contributed by atoms with E-state index in [2.05, 4.69) is 44.5 Å². The number of rotatable bonds is 8. The first kappa shape index (κ1) is 28.3. The fourth-order valence-electron chi connectivity index (χ4n) is 6.66. The monoisotopic (exact) mass is 594 g/mol. The summed E-state index contributed by atoms with van der Waals surface area (Å²) in [6.45, 7) is 8.44. The zero-order valence-corrected chi connectivity index (χ0v) is 25.1. The molecule has 6 heterocycles. The maximum absolute atomic E-state index is 13.2. The number of hydrogen-bond acceptors (Lipinski definition) is 9. The summed E-state index contributed by atoms with van der Waals surface area (Å²) < 4.78 is 9.23. The number of nitriles is 1. The van der Waals surface area contributed by atoms with Crippen LogP contribution in [0.3, 0.4) is 0 Å². The number of anilines is 3. The predicted molar refractivity (Wildman–Crippen MR) is 166 cm³/mol. The van der Waals surface area contributed by atoms with E-state index in [0.29, 0.717) is 37.1 Å². The van der Waals surface area contributed by atoms with Crippen LogP contribution >= 0.6 is 0 Å². The minimum Gasteiger partial charge on any atom is -0.381 e. The summed E-state index contributed by atoms with van der Waals surface area (Å²) in [5.74, 6) is 0.547. The lowest BCUT2D eigenvalue weighted by Crippen LogP contribution is -2.63. The van der Waals surface area contributed by atoms with E-state index in [9.17, 15) is 10.1 Å². The van der Waals surface area contributed by atoms with E-state index in [1.54, 1.807) is 4.52 Å². The highest BCUT2D eigenvalue weighted by Crippen LogP contribution is 2.37. The lowest BCUT2D eigenvalue weighted by molar-refractivity contribution is 0.0137. The first-order valence-electron chi connectivity index (χ1n) is 15.5. The highest BCUT2D eigenvalue weighted by molar-refractivity contribution is 5.94. The molecule has 3 aromatic heterocycles. The summed E-state index contributed by atoms with van der Waals surface area (Å²) in [4.78, 5) is 24.7. The summed E-state index contributed by atoms with van der Waals surface area (Å²) in [5.41, 5.74) is 4.00. The van der Waals surface area contributed by atoms with Crippen LogP contribution in [-0.4, -0.2) is 98.6 Å². The van der Waals surface area contributed by atoms with Crippen molar-refractivity contribution in [2.45, 2.75) is 44.2 Å². The number of aromatic nitrogens is 5. The third-order valence-electron chi connectivity index (χ3n) is 9.29. The molecular weight excluding hydrogens is 556 g/mol. The molecule has 0 radical (unpaired) electrons. The molecule has 3 saturated heterocycles. The average molecular weight is 595 g/mol. The number of nitrogens with one attached hydrogen (secondary N) is 1. The molecule has 0 saturated carbocycles. The van der Waals surface area contributed by atoms with Crippen molar-refractivity contribution in [1.29, 1.82) is 5.26 Å². The van der Waals surface area contributed by atoms with Crippen LogP contribution in [0.25, 0.3) is 5.65 Å². The fraction of sp³-hybridized carbons (Fsp3) is 0.469. The Hall–Kier alpha value is -4.47. The molecule has 12 heteroatoms. The van der Waals surface area contributed by atoms with Crippen LogP contribution in [0.1, 0.15) is 42.1 Å². The van der Waals surface area contributed by atoms with Crippen molar-refractivity contribution in [2.75, 3.05) is 62.7 Å². The van der Waals surface area contributed by atoms with E-state index in [4.69, 9.17) is 9.72 Å². The molecule has 0 spiro atoms. The van der Waals surface area contributed by atoms with Gasteiger partial charge in [0.2, 0.25) is 5.95 Å². The maximum atomic E-state index is 13.2. The molecule has 3 aliphatic heterocycles. The molecule has 1 aromatic carbocycles. The van der Waals surface area contributed by atoms with Crippen molar-refractivity contribution in [3.8, 4) is 6.07 Å². The Morgan fingerprint density at radius 2 is 1.89 bits per heavy atom. The lowest BCUT2D eigenvalue weighted by Gasteiger charge is -2.50. The van der Waals surface area contributed by atoms with Crippen molar-refractivity contribution in [1.82, 2.24) is 34.2 Å². The van der Waals surface area contributed by atoms with Gasteiger partial charge in [-0.05, 0) is 61.2 Å². The molecule has 1 N–H and O–H groups in total. The van der Waals surface area contributed by atoms with Crippen molar-refractivity contribution in [3.63, 3.8) is 0 Å². The Kier molecular flexibility index (Phi) is 7.66. The van der Waals surface area contributed by atoms with Gasteiger partial charge in [0.25, 0.3) is 5.91 Å². The molecule has 0 unspecified atom stereocenters. The van der Waals surface area contributed by atoms with Crippen molar-refractivity contribution < 1.29 is 9.53 Å². The number of pyridine rings is 1. The zero-order valence-electron chi connectivity index (χ0n) is 25.1. The number of amides is 1. The normalized spacial score (nSPS) is 19.1. The maximum Gasteiger partial charge on any atom is 0.253 e. The van der Waals surface area contributed by atoms with E-state index < -0.39 is 0 Å². The molecule has 7 rings (SSSR count). The fourth-order valence-corrected chi connectivity index (χ4v) is 6.66. The number of fused-ring (bicyclic) bond motifs is 1. The zero-order chi connectivity index (χ0) is 30.1. The number of nitrogens with zero attached hydrogens (tertiary/aromatic N) is 9. The van der Waals surface area contributed by atoms with Crippen LogP contribution in [0.5, 0.6) is 0 Å². The molecule has 228 valence electrons. The Bertz CT molecular complexity index is 1650. The van der Waals surface area contributed by atoms with Gasteiger partial charge in [-0.1, -0.05) is 6.92 Å². The average Bonchev–Trinajstić information content (AvgIpc) is 3.70. The van der Waals surface area contributed by atoms with Gasteiger partial charge in [0, 0.05) is 82.2 Å². The Labute approximate surface area is 256 Å². The third-order valence-corrected chi connectivity index (χ3v) is 9.29. The van der Waals surface area contributed by atoms with Crippen LogP contribution < -0.4 is 10.2 Å². The number of piperazine rings is 1. The van der Waals surface area contributed by atoms with Gasteiger partial charge in [0.05, 0.1) is 24.4 Å². The van der Waals surface area contributed by atoms with Gasteiger partial charge in [-0.2, -0.15) is 15.3 Å². The number of carbonyl (C=O) groups is 1. The van der Waals surface area contributed by atoms with Gasteiger partial charge in [-0.15, -0.1) is 5.10 Å². The molecule has 44 heavy (non-hydrogen) atoms. The summed E-state index contributed by atoms with van der Waals surface area (Å²) in [5, 5.41) is 22.1. The SMILES string of the molecule is CCc1cnn(C2(CC#N)CN(c3cccn4nc(Nc5ccc(C(=O)N6CCN(C7CCOCC7)CC6)cc5)nc34)C2)c1. The van der Waals surface area contributed by atoms with Gasteiger partial charge in [-0.3, -0.25) is 14.4 Å². The standard InChI is InChI=1S/C32H38N10O2/c1-2-24-20-34-42(21-24)32(11-12-33)22-40(23-32)28-4-3-13-41-29(28)36-31(37-41)35-26-7-5-25(6-8-26)30(43)39-16-14-38(15-17-39)27-9-18-44-19-10-27/h3-8,13,20-21,27H,2,9-11,14-19,22-23H2,1H3,(H,35,37). The van der Waals surface area contributed by atoms with Gasteiger partial charge in [-0.25, -0.2) is 4.52 Å². The number of carbonyl (C=O) groups excluding carboxylic acids is 1. The Morgan fingerprint density at radius 1 is 1.11 bits per heavy atom. The Balaban J connectivity index is 0.995. The Morgan fingerprint density at radius 3 is 2.59 bits per heavy atom. The molecule has 0 bridgehead atoms. The summed E-state index contributed by atoms with van der Waals surface area (Å²) in [7, 11) is 0. The summed E-state index contributed by atoms with van der Waals surface area (Å²) >= 11 is 0. The smallest absolute Gasteiger partial charge is 0.253 e. The van der Waals surface area contributed by atoms with Gasteiger partial charge in [0.15, 0.2) is 5.65 Å². The number of hydrogen-bond donors (Lipinski definition) is 1. The first-order chi connectivity index (χ1) is 21.5. The van der Waals surface area contributed by atoms with E-state index >= 15 is 0 Å².